The Kier molecular flexibility index (Phi) is 3.55. The second kappa shape index (κ2) is 5.86. The highest BCUT2D eigenvalue weighted by Gasteiger charge is 2.12. The van der Waals surface area contributed by atoms with Crippen molar-refractivity contribution in [3.8, 4) is 5.69 Å². The minimum absolute atomic E-state index is 0.268. The second-order valence-corrected chi connectivity index (χ2v) is 5.74. The number of aromatic amines is 1. The fourth-order valence-electron chi connectivity index (χ4n) is 2.54. The fourth-order valence-corrected chi connectivity index (χ4v) is 2.77. The molecule has 0 aliphatic carbocycles. The molecule has 0 saturated carbocycles. The first-order valence-electron chi connectivity index (χ1n) is 7.40. The first kappa shape index (κ1) is 14.5. The predicted octanol–water partition coefficient (Wildman–Crippen LogP) is 4.26. The van der Waals surface area contributed by atoms with Crippen molar-refractivity contribution >= 4 is 34.1 Å². The summed E-state index contributed by atoms with van der Waals surface area (Å²) in [5.41, 5.74) is 2.80. The van der Waals surface area contributed by atoms with E-state index in [-0.39, 0.29) is 5.91 Å². The van der Waals surface area contributed by atoms with E-state index in [1.807, 2.05) is 48.7 Å². The van der Waals surface area contributed by atoms with Gasteiger partial charge < -0.3 is 10.3 Å². The number of aromatic nitrogens is 3. The summed E-state index contributed by atoms with van der Waals surface area (Å²) in [4.78, 5) is 15.5. The maximum absolute atomic E-state index is 12.4. The molecule has 24 heavy (non-hydrogen) atoms. The van der Waals surface area contributed by atoms with Gasteiger partial charge in [0.15, 0.2) is 5.69 Å². The molecule has 0 spiro atoms. The summed E-state index contributed by atoms with van der Waals surface area (Å²) in [6.07, 6.45) is 3.58. The van der Waals surface area contributed by atoms with Crippen molar-refractivity contribution in [2.75, 3.05) is 5.32 Å². The van der Waals surface area contributed by atoms with Crippen LogP contribution in [0.3, 0.4) is 0 Å². The fraction of sp³-hybridized carbons (Fsp3) is 0. The number of nitrogens with zero attached hydrogens (tertiary/aromatic N) is 2. The third-order valence-corrected chi connectivity index (χ3v) is 4.05. The van der Waals surface area contributed by atoms with Gasteiger partial charge in [0, 0.05) is 29.0 Å². The lowest BCUT2D eigenvalue weighted by molar-refractivity contribution is 0.102. The zero-order valence-electron chi connectivity index (χ0n) is 12.5. The summed E-state index contributed by atoms with van der Waals surface area (Å²) in [5, 5.41) is 8.77. The van der Waals surface area contributed by atoms with Crippen molar-refractivity contribution in [3.05, 3.63) is 77.7 Å². The Morgan fingerprint density at radius 2 is 2.00 bits per heavy atom. The lowest BCUT2D eigenvalue weighted by Gasteiger charge is -2.04. The van der Waals surface area contributed by atoms with Gasteiger partial charge in [0.25, 0.3) is 5.91 Å². The number of rotatable bonds is 3. The molecule has 0 saturated heterocycles. The van der Waals surface area contributed by atoms with E-state index < -0.39 is 0 Å². The average Bonchev–Trinajstić information content (AvgIpc) is 3.24. The van der Waals surface area contributed by atoms with Crippen molar-refractivity contribution in [1.82, 2.24) is 14.8 Å². The van der Waals surface area contributed by atoms with Crippen LogP contribution in [0.15, 0.2) is 67.0 Å². The van der Waals surface area contributed by atoms with E-state index in [1.165, 1.54) is 0 Å². The van der Waals surface area contributed by atoms with Crippen LogP contribution in [0.1, 0.15) is 10.5 Å². The number of nitrogens with one attached hydrogen (secondary N) is 2. The second-order valence-electron chi connectivity index (χ2n) is 5.33. The van der Waals surface area contributed by atoms with Gasteiger partial charge in [-0.25, -0.2) is 4.68 Å². The quantitative estimate of drug-likeness (QED) is 0.587. The van der Waals surface area contributed by atoms with Gasteiger partial charge in [0.05, 0.1) is 10.7 Å². The van der Waals surface area contributed by atoms with Gasteiger partial charge in [-0.15, -0.1) is 0 Å². The number of fused-ring (bicyclic) bond motifs is 1. The highest BCUT2D eigenvalue weighted by Crippen LogP contribution is 2.20. The maximum Gasteiger partial charge on any atom is 0.276 e. The van der Waals surface area contributed by atoms with Crippen LogP contribution in [-0.2, 0) is 0 Å². The van der Waals surface area contributed by atoms with Crippen LogP contribution < -0.4 is 5.32 Å². The first-order valence-corrected chi connectivity index (χ1v) is 7.77. The first-order chi connectivity index (χ1) is 11.7. The van der Waals surface area contributed by atoms with E-state index in [9.17, 15) is 4.79 Å². The van der Waals surface area contributed by atoms with Crippen LogP contribution in [0.4, 0.5) is 5.69 Å². The highest BCUT2D eigenvalue weighted by molar-refractivity contribution is 6.32. The number of benzene rings is 2. The van der Waals surface area contributed by atoms with Crippen molar-refractivity contribution in [3.63, 3.8) is 0 Å². The molecule has 0 fully saturated rings. The van der Waals surface area contributed by atoms with Gasteiger partial charge in [0.2, 0.25) is 0 Å². The Morgan fingerprint density at radius 3 is 2.88 bits per heavy atom. The molecule has 2 N–H and O–H groups in total. The number of hydrogen-bond donors (Lipinski definition) is 2. The summed E-state index contributed by atoms with van der Waals surface area (Å²) in [6, 6.07) is 16.6. The Hall–Kier alpha value is -3.05. The van der Waals surface area contributed by atoms with Gasteiger partial charge in [0.1, 0.15) is 0 Å². The maximum atomic E-state index is 12.4. The van der Waals surface area contributed by atoms with Gasteiger partial charge in [-0.3, -0.25) is 4.79 Å². The summed E-state index contributed by atoms with van der Waals surface area (Å²) < 4.78 is 1.59. The molecular weight excluding hydrogens is 324 g/mol. The topological polar surface area (TPSA) is 62.7 Å². The number of amides is 1. The lowest BCUT2D eigenvalue weighted by Crippen LogP contribution is -2.13. The number of para-hydroxylation sites is 1. The number of halogens is 1. The number of carbonyl (C=O) groups is 1. The van der Waals surface area contributed by atoms with Crippen molar-refractivity contribution in [1.29, 1.82) is 0 Å². The zero-order chi connectivity index (χ0) is 16.5. The van der Waals surface area contributed by atoms with E-state index in [4.69, 9.17) is 11.6 Å². The van der Waals surface area contributed by atoms with Crippen LogP contribution in [0.5, 0.6) is 0 Å². The molecule has 0 bridgehead atoms. The highest BCUT2D eigenvalue weighted by atomic mass is 35.5. The van der Waals surface area contributed by atoms with E-state index in [2.05, 4.69) is 15.4 Å². The smallest absolute Gasteiger partial charge is 0.276 e. The van der Waals surface area contributed by atoms with E-state index in [1.54, 1.807) is 23.0 Å². The molecule has 2 aromatic heterocycles. The number of carbonyl (C=O) groups excluding carboxylic acids is 1. The standard InChI is InChI=1S/C18H13ClN4O/c19-14-3-1-2-4-17(14)23-10-8-16(22-23)18(24)21-13-5-6-15-12(11-13)7-9-20-15/h1-11,20H,(H,21,24). The Labute approximate surface area is 142 Å². The van der Waals surface area contributed by atoms with Gasteiger partial charge in [-0.05, 0) is 42.5 Å². The molecular formula is C18H13ClN4O. The molecule has 0 atom stereocenters. The van der Waals surface area contributed by atoms with Crippen LogP contribution in [0.25, 0.3) is 16.6 Å². The van der Waals surface area contributed by atoms with Crippen molar-refractivity contribution in [2.45, 2.75) is 0 Å². The van der Waals surface area contributed by atoms with E-state index in [0.29, 0.717) is 10.7 Å². The molecule has 4 rings (SSSR count). The number of anilines is 1. The molecule has 2 aromatic carbocycles. The molecule has 0 radical (unpaired) electrons. The van der Waals surface area contributed by atoms with E-state index >= 15 is 0 Å². The van der Waals surface area contributed by atoms with Crippen LogP contribution in [-0.4, -0.2) is 20.7 Å². The normalized spacial score (nSPS) is 10.9. The summed E-state index contributed by atoms with van der Waals surface area (Å²) in [7, 11) is 0. The molecule has 5 nitrogen and oxygen atoms in total. The summed E-state index contributed by atoms with van der Waals surface area (Å²) >= 11 is 6.16. The zero-order valence-corrected chi connectivity index (χ0v) is 13.3. The third kappa shape index (κ3) is 2.66. The SMILES string of the molecule is O=C(Nc1ccc2[nH]ccc2c1)c1ccn(-c2ccccc2Cl)n1. The monoisotopic (exact) mass is 336 g/mol. The molecule has 0 aliphatic heterocycles. The number of hydrogen-bond acceptors (Lipinski definition) is 2. The predicted molar refractivity (Wildman–Crippen MR) is 94.8 cm³/mol. The summed E-state index contributed by atoms with van der Waals surface area (Å²) in [6.45, 7) is 0. The van der Waals surface area contributed by atoms with Gasteiger partial charge in [-0.2, -0.15) is 5.10 Å². The molecule has 6 heteroatoms. The minimum atomic E-state index is -0.268. The average molecular weight is 337 g/mol. The van der Waals surface area contributed by atoms with Gasteiger partial charge in [-0.1, -0.05) is 23.7 Å². The largest absolute Gasteiger partial charge is 0.361 e. The molecule has 0 aliphatic rings. The molecule has 1 amide bonds. The summed E-state index contributed by atoms with van der Waals surface area (Å²) in [5.74, 6) is -0.268. The number of H-pyrrole nitrogens is 1. The molecule has 0 unspecified atom stereocenters. The molecule has 2 heterocycles. The van der Waals surface area contributed by atoms with Crippen molar-refractivity contribution < 1.29 is 4.79 Å². The van der Waals surface area contributed by atoms with Crippen LogP contribution in [0, 0.1) is 0 Å². The third-order valence-electron chi connectivity index (χ3n) is 3.73. The minimum Gasteiger partial charge on any atom is -0.361 e. The Bertz CT molecular complexity index is 1030. The lowest BCUT2D eigenvalue weighted by atomic mass is 10.2. The van der Waals surface area contributed by atoms with Crippen molar-refractivity contribution in [2.24, 2.45) is 0 Å². The van der Waals surface area contributed by atoms with Crippen LogP contribution >= 0.6 is 11.6 Å². The van der Waals surface area contributed by atoms with Crippen LogP contribution in [0.2, 0.25) is 5.02 Å². The Morgan fingerprint density at radius 1 is 1.12 bits per heavy atom. The van der Waals surface area contributed by atoms with Gasteiger partial charge >= 0.3 is 0 Å². The molecule has 118 valence electrons. The molecule has 4 aromatic rings. The Balaban J connectivity index is 1.57. The van der Waals surface area contributed by atoms with E-state index in [0.717, 1.165) is 22.3 Å².